The fraction of sp³-hybridized carbons (Fsp3) is 0.310. The lowest BCUT2D eigenvalue weighted by atomic mass is 9.85. The molecule has 5 heteroatoms. The second kappa shape index (κ2) is 8.54. The van der Waals surface area contributed by atoms with E-state index in [2.05, 4.69) is 83.4 Å². The van der Waals surface area contributed by atoms with Crippen molar-refractivity contribution in [1.82, 2.24) is 9.97 Å². The molecule has 3 heterocycles. The Morgan fingerprint density at radius 3 is 2.59 bits per heavy atom. The van der Waals surface area contributed by atoms with Crippen molar-refractivity contribution in [3.8, 4) is 11.3 Å². The summed E-state index contributed by atoms with van der Waals surface area (Å²) in [6.45, 7) is 17.2. The lowest BCUT2D eigenvalue weighted by Crippen LogP contribution is -2.12. The molecule has 0 aliphatic carbocycles. The first-order valence-electron chi connectivity index (χ1n) is 11.7. The molecule has 2 aromatic carbocycles. The van der Waals surface area contributed by atoms with Gasteiger partial charge in [0.15, 0.2) is 5.58 Å². The van der Waals surface area contributed by atoms with E-state index in [0.717, 1.165) is 49.3 Å². The molecule has 0 bridgehead atoms. The summed E-state index contributed by atoms with van der Waals surface area (Å²) in [5.74, 6) is 1.60. The highest BCUT2D eigenvalue weighted by atomic mass is 32.2. The van der Waals surface area contributed by atoms with E-state index in [4.69, 9.17) is 9.40 Å². The zero-order valence-corrected chi connectivity index (χ0v) is 22.3. The Bertz CT molecular complexity index is 1550. The van der Waals surface area contributed by atoms with Crippen molar-refractivity contribution in [2.45, 2.75) is 58.3 Å². The number of hydrogen-bond donors (Lipinski definition) is 0. The van der Waals surface area contributed by atoms with Crippen LogP contribution in [-0.2, 0) is 11.8 Å². The Hall–Kier alpha value is -2.63. The fourth-order valence-corrected chi connectivity index (χ4v) is 6.67. The van der Waals surface area contributed by atoms with Crippen LogP contribution in [0.15, 0.2) is 58.0 Å². The third kappa shape index (κ3) is 3.85. The van der Waals surface area contributed by atoms with E-state index in [0.29, 0.717) is 5.92 Å². The van der Waals surface area contributed by atoms with Gasteiger partial charge in [-0.15, -0.1) is 11.3 Å². The Morgan fingerprint density at radius 1 is 1.12 bits per heavy atom. The molecule has 3 aromatic heterocycles. The Labute approximate surface area is 209 Å². The molecule has 0 atom stereocenters. The van der Waals surface area contributed by atoms with Crippen molar-refractivity contribution in [2.24, 2.45) is 5.92 Å². The average molecular weight is 487 g/mol. The molecule has 0 radical (unpaired) electrons. The highest BCUT2D eigenvalue weighted by Gasteiger charge is 2.22. The second-order valence-electron chi connectivity index (χ2n) is 10.3. The normalized spacial score (nSPS) is 12.4. The lowest BCUT2D eigenvalue weighted by molar-refractivity contribution is 0.562. The second-order valence-corrected chi connectivity index (χ2v) is 12.3. The first kappa shape index (κ1) is 23.1. The molecule has 0 aliphatic rings. The van der Waals surface area contributed by atoms with Crippen LogP contribution in [0.3, 0.4) is 0 Å². The number of benzene rings is 2. The minimum atomic E-state index is 0.00882. The molecule has 0 fully saturated rings. The first-order chi connectivity index (χ1) is 16.2. The number of hydrogen-bond acceptors (Lipinski definition) is 5. The maximum absolute atomic E-state index is 6.34. The SMILES string of the molecule is C=CSc1ccc(-c2ncnc3sc4c(ccc5c(CC(C)C)c(C)oc54)c23)cc1C(C)(C)C. The minimum absolute atomic E-state index is 0.00882. The van der Waals surface area contributed by atoms with Gasteiger partial charge in [-0.1, -0.05) is 71.2 Å². The van der Waals surface area contributed by atoms with Crippen LogP contribution in [0.4, 0.5) is 0 Å². The van der Waals surface area contributed by atoms with Crippen molar-refractivity contribution in [3.63, 3.8) is 0 Å². The summed E-state index contributed by atoms with van der Waals surface area (Å²) in [5, 5.41) is 5.38. The third-order valence-corrected chi connectivity index (χ3v) is 8.17. The zero-order chi connectivity index (χ0) is 24.2. The van der Waals surface area contributed by atoms with Gasteiger partial charge in [-0.25, -0.2) is 9.97 Å². The van der Waals surface area contributed by atoms with Crippen LogP contribution in [0.25, 0.3) is 42.5 Å². The number of nitrogens with zero attached hydrogens (tertiary/aromatic N) is 2. The molecule has 0 spiro atoms. The maximum atomic E-state index is 6.34. The summed E-state index contributed by atoms with van der Waals surface area (Å²) in [5.41, 5.74) is 5.69. The van der Waals surface area contributed by atoms with Crippen LogP contribution in [0.5, 0.6) is 0 Å². The fourth-order valence-electron chi connectivity index (χ4n) is 4.73. The smallest absolute Gasteiger partial charge is 0.152 e. The molecule has 3 nitrogen and oxygen atoms in total. The number of rotatable bonds is 5. The largest absolute Gasteiger partial charge is 0.460 e. The molecule has 0 aliphatic heterocycles. The van der Waals surface area contributed by atoms with Gasteiger partial charge in [0.25, 0.3) is 0 Å². The first-order valence-corrected chi connectivity index (χ1v) is 13.4. The van der Waals surface area contributed by atoms with Gasteiger partial charge in [0.05, 0.1) is 10.4 Å². The van der Waals surface area contributed by atoms with Gasteiger partial charge in [0.2, 0.25) is 0 Å². The number of thiophene rings is 1. The van der Waals surface area contributed by atoms with Crippen LogP contribution in [0.2, 0.25) is 0 Å². The molecule has 0 unspecified atom stereocenters. The van der Waals surface area contributed by atoms with Gasteiger partial charge in [-0.05, 0) is 47.8 Å². The van der Waals surface area contributed by atoms with E-state index in [1.165, 1.54) is 21.4 Å². The quantitative estimate of drug-likeness (QED) is 0.232. The molecule has 0 amide bonds. The van der Waals surface area contributed by atoms with Crippen molar-refractivity contribution in [3.05, 3.63) is 65.5 Å². The van der Waals surface area contributed by atoms with Crippen molar-refractivity contribution < 1.29 is 4.42 Å². The average Bonchev–Trinajstić information content (AvgIpc) is 3.31. The topological polar surface area (TPSA) is 38.9 Å². The monoisotopic (exact) mass is 486 g/mol. The summed E-state index contributed by atoms with van der Waals surface area (Å²) >= 11 is 3.37. The molecule has 34 heavy (non-hydrogen) atoms. The Balaban J connectivity index is 1.77. The van der Waals surface area contributed by atoms with E-state index in [-0.39, 0.29) is 5.41 Å². The number of aryl methyl sites for hydroxylation is 1. The van der Waals surface area contributed by atoms with Crippen LogP contribution in [0.1, 0.15) is 51.5 Å². The highest BCUT2D eigenvalue weighted by molar-refractivity contribution is 8.02. The van der Waals surface area contributed by atoms with Crippen LogP contribution in [-0.4, -0.2) is 9.97 Å². The molecule has 174 valence electrons. The zero-order valence-electron chi connectivity index (χ0n) is 20.7. The molecule has 5 aromatic rings. The van der Waals surface area contributed by atoms with E-state index >= 15 is 0 Å². The highest BCUT2D eigenvalue weighted by Crippen LogP contribution is 2.44. The molecule has 5 rings (SSSR count). The molecule has 0 N–H and O–H groups in total. The van der Waals surface area contributed by atoms with Crippen LogP contribution >= 0.6 is 23.1 Å². The van der Waals surface area contributed by atoms with Crippen molar-refractivity contribution >= 4 is 54.4 Å². The van der Waals surface area contributed by atoms with Gasteiger partial charge >= 0.3 is 0 Å². The predicted octanol–water partition coefficient (Wildman–Crippen LogP) is 9.30. The van der Waals surface area contributed by atoms with Crippen molar-refractivity contribution in [1.29, 1.82) is 0 Å². The lowest BCUT2D eigenvalue weighted by Gasteiger charge is -2.23. The standard InChI is InChI=1S/C29H30N2OS2/c1-8-33-23-12-9-18(14-22(23)29(5,6)7)25-24-20-11-10-19-21(13-16(2)3)17(4)32-26(19)27(20)34-28(24)31-15-30-25/h8-12,14-16H,1,13H2,2-7H3. The van der Waals surface area contributed by atoms with Crippen molar-refractivity contribution in [2.75, 3.05) is 0 Å². The predicted molar refractivity (Wildman–Crippen MR) is 148 cm³/mol. The van der Waals surface area contributed by atoms with Crippen LogP contribution < -0.4 is 0 Å². The van der Waals surface area contributed by atoms with Crippen LogP contribution in [0, 0.1) is 12.8 Å². The van der Waals surface area contributed by atoms with E-state index in [1.807, 2.05) is 5.41 Å². The van der Waals surface area contributed by atoms with Gasteiger partial charge in [-0.2, -0.15) is 0 Å². The summed E-state index contributed by atoms with van der Waals surface area (Å²) in [6, 6.07) is 11.1. The summed E-state index contributed by atoms with van der Waals surface area (Å²) in [4.78, 5) is 11.7. The summed E-state index contributed by atoms with van der Waals surface area (Å²) < 4.78 is 7.50. The maximum Gasteiger partial charge on any atom is 0.152 e. The third-order valence-electron chi connectivity index (χ3n) is 6.28. The van der Waals surface area contributed by atoms with E-state index in [9.17, 15) is 0 Å². The number of thioether (sulfide) groups is 1. The van der Waals surface area contributed by atoms with Gasteiger partial charge in [0.1, 0.15) is 16.9 Å². The van der Waals surface area contributed by atoms with Gasteiger partial charge in [-0.3, -0.25) is 0 Å². The Morgan fingerprint density at radius 2 is 1.88 bits per heavy atom. The number of fused-ring (bicyclic) bond motifs is 5. The van der Waals surface area contributed by atoms with Gasteiger partial charge in [0, 0.05) is 32.2 Å². The van der Waals surface area contributed by atoms with Gasteiger partial charge < -0.3 is 4.42 Å². The number of furan rings is 1. The minimum Gasteiger partial charge on any atom is -0.460 e. The Kier molecular flexibility index (Phi) is 5.81. The molecular formula is C29H30N2OS2. The summed E-state index contributed by atoms with van der Waals surface area (Å²) in [6.07, 6.45) is 2.70. The van der Waals surface area contributed by atoms with E-state index < -0.39 is 0 Å². The summed E-state index contributed by atoms with van der Waals surface area (Å²) in [7, 11) is 0. The molecular weight excluding hydrogens is 456 g/mol. The molecule has 0 saturated carbocycles. The number of aromatic nitrogens is 2. The molecule has 0 saturated heterocycles. The van der Waals surface area contributed by atoms with E-state index in [1.54, 1.807) is 29.4 Å².